The molecule has 1 unspecified atom stereocenters. The third kappa shape index (κ3) is 3.16. The van der Waals surface area contributed by atoms with Gasteiger partial charge in [-0.2, -0.15) is 4.98 Å². The predicted molar refractivity (Wildman–Crippen MR) is 69.5 cm³/mol. The van der Waals surface area contributed by atoms with Crippen LogP contribution in [0.2, 0.25) is 0 Å². The number of nitrogens with zero attached hydrogens (tertiary/aromatic N) is 1. The minimum atomic E-state index is -3.05. The number of aromatic carboxylic acids is 1. The van der Waals surface area contributed by atoms with Crippen LogP contribution in [0.1, 0.15) is 22.5 Å². The summed E-state index contributed by atoms with van der Waals surface area (Å²) >= 11 is 1.05. The van der Waals surface area contributed by atoms with E-state index in [0.29, 0.717) is 6.42 Å². The van der Waals surface area contributed by atoms with Crippen molar-refractivity contribution in [1.29, 1.82) is 0 Å². The first kappa shape index (κ1) is 14.1. The van der Waals surface area contributed by atoms with Crippen molar-refractivity contribution in [2.24, 2.45) is 0 Å². The molecule has 104 valence electrons. The molecule has 1 fully saturated rings. The molecule has 1 saturated heterocycles. The highest BCUT2D eigenvalue weighted by atomic mass is 32.2. The summed E-state index contributed by atoms with van der Waals surface area (Å²) in [6.07, 6.45) is 0.444. The van der Waals surface area contributed by atoms with E-state index in [1.807, 2.05) is 0 Å². The average Bonchev–Trinajstić information content (AvgIpc) is 2.56. The summed E-state index contributed by atoms with van der Waals surface area (Å²) in [6, 6.07) is 0. The topological polar surface area (TPSA) is 117 Å². The molecule has 0 aromatic carbocycles. The number of thioether (sulfide) groups is 1. The van der Waals surface area contributed by atoms with Crippen molar-refractivity contribution in [3.05, 3.63) is 21.7 Å². The van der Waals surface area contributed by atoms with Gasteiger partial charge in [0.1, 0.15) is 10.6 Å². The van der Waals surface area contributed by atoms with E-state index in [2.05, 4.69) is 9.97 Å². The minimum Gasteiger partial charge on any atom is -0.478 e. The minimum absolute atomic E-state index is 0.00967. The van der Waals surface area contributed by atoms with Gasteiger partial charge in [-0.1, -0.05) is 0 Å². The van der Waals surface area contributed by atoms with Crippen molar-refractivity contribution < 1.29 is 18.3 Å². The molecule has 0 radical (unpaired) electrons. The van der Waals surface area contributed by atoms with Crippen LogP contribution in [0.4, 0.5) is 0 Å². The van der Waals surface area contributed by atoms with Crippen molar-refractivity contribution in [3.63, 3.8) is 0 Å². The lowest BCUT2D eigenvalue weighted by Crippen LogP contribution is -2.19. The van der Waals surface area contributed by atoms with Crippen LogP contribution in [0.5, 0.6) is 0 Å². The van der Waals surface area contributed by atoms with E-state index in [1.165, 1.54) is 6.92 Å². The van der Waals surface area contributed by atoms with Crippen molar-refractivity contribution in [3.8, 4) is 0 Å². The molecule has 2 heterocycles. The molecule has 0 aliphatic carbocycles. The van der Waals surface area contributed by atoms with E-state index < -0.39 is 21.5 Å². The monoisotopic (exact) mass is 304 g/mol. The quantitative estimate of drug-likeness (QED) is 0.758. The number of sulfone groups is 1. The van der Waals surface area contributed by atoms with Crippen molar-refractivity contribution in [1.82, 2.24) is 9.97 Å². The molecule has 1 aliphatic rings. The van der Waals surface area contributed by atoms with Crippen LogP contribution in [0, 0.1) is 6.92 Å². The fourth-order valence-electron chi connectivity index (χ4n) is 1.91. The molecule has 1 aromatic heterocycles. The van der Waals surface area contributed by atoms with Crippen molar-refractivity contribution in [2.45, 2.75) is 23.6 Å². The summed E-state index contributed by atoms with van der Waals surface area (Å²) in [7, 11) is -3.05. The largest absolute Gasteiger partial charge is 0.478 e. The van der Waals surface area contributed by atoms with Gasteiger partial charge in [0.2, 0.25) is 0 Å². The van der Waals surface area contributed by atoms with Crippen LogP contribution in [0.15, 0.2) is 9.82 Å². The zero-order chi connectivity index (χ0) is 14.2. The average molecular weight is 304 g/mol. The Morgan fingerprint density at radius 1 is 1.53 bits per heavy atom. The van der Waals surface area contributed by atoms with Gasteiger partial charge in [0.15, 0.2) is 9.84 Å². The van der Waals surface area contributed by atoms with Crippen LogP contribution in [-0.4, -0.2) is 46.2 Å². The van der Waals surface area contributed by atoms with Crippen molar-refractivity contribution in [2.75, 3.05) is 11.5 Å². The van der Waals surface area contributed by atoms with E-state index in [-0.39, 0.29) is 33.0 Å². The molecular formula is C10H12N2O5S2. The van der Waals surface area contributed by atoms with Gasteiger partial charge in [-0.25, -0.2) is 18.0 Å². The van der Waals surface area contributed by atoms with Crippen LogP contribution in [-0.2, 0) is 9.84 Å². The Kier molecular flexibility index (Phi) is 3.68. The summed E-state index contributed by atoms with van der Waals surface area (Å²) in [5, 5.41) is 8.95. The summed E-state index contributed by atoms with van der Waals surface area (Å²) in [5.41, 5.74) is -0.490. The summed E-state index contributed by atoms with van der Waals surface area (Å²) in [6.45, 7) is 1.47. The van der Waals surface area contributed by atoms with Gasteiger partial charge in [-0.05, 0) is 13.3 Å². The second-order valence-corrected chi connectivity index (χ2v) is 7.81. The second kappa shape index (κ2) is 4.97. The smallest absolute Gasteiger partial charge is 0.346 e. The Bertz CT molecular complexity index is 680. The number of carboxylic acids is 1. The molecule has 19 heavy (non-hydrogen) atoms. The maximum Gasteiger partial charge on any atom is 0.346 e. The maximum atomic E-state index is 11.4. The van der Waals surface area contributed by atoms with Gasteiger partial charge in [0, 0.05) is 10.9 Å². The van der Waals surface area contributed by atoms with E-state index >= 15 is 0 Å². The Balaban J connectivity index is 2.35. The lowest BCUT2D eigenvalue weighted by atomic mass is 10.2. The molecule has 0 bridgehead atoms. The van der Waals surface area contributed by atoms with Gasteiger partial charge in [0.25, 0.3) is 0 Å². The van der Waals surface area contributed by atoms with Gasteiger partial charge in [-0.15, -0.1) is 11.8 Å². The molecule has 2 rings (SSSR count). The number of carbonyl (C=O) groups is 1. The zero-order valence-electron chi connectivity index (χ0n) is 10.0. The molecule has 1 aliphatic heterocycles. The predicted octanol–water partition coefficient (Wildman–Crippen LogP) is 0.0557. The van der Waals surface area contributed by atoms with Gasteiger partial charge < -0.3 is 10.1 Å². The summed E-state index contributed by atoms with van der Waals surface area (Å²) in [5.74, 6) is -1.11. The van der Waals surface area contributed by atoms with Gasteiger partial charge >= 0.3 is 11.7 Å². The number of hydrogen-bond acceptors (Lipinski definition) is 6. The SMILES string of the molecule is Cc1[nH]c(=O)nc(SC2CCS(=O)(=O)C2)c1C(=O)O. The highest BCUT2D eigenvalue weighted by molar-refractivity contribution is 8.01. The first-order valence-corrected chi connectivity index (χ1v) is 8.20. The Morgan fingerprint density at radius 2 is 2.21 bits per heavy atom. The lowest BCUT2D eigenvalue weighted by molar-refractivity contribution is 0.0690. The number of aromatic amines is 1. The molecule has 1 aromatic rings. The van der Waals surface area contributed by atoms with Crippen LogP contribution in [0.25, 0.3) is 0 Å². The number of nitrogens with one attached hydrogen (secondary N) is 1. The standard InChI is InChI=1S/C10H12N2O5S2/c1-5-7(9(13)14)8(12-10(15)11-5)18-6-2-3-19(16,17)4-6/h6H,2-4H2,1H3,(H,13,14)(H,11,12,15). The lowest BCUT2D eigenvalue weighted by Gasteiger charge is -2.10. The number of aromatic nitrogens is 2. The highest BCUT2D eigenvalue weighted by Crippen LogP contribution is 2.31. The normalized spacial score (nSPS) is 21.4. The third-order valence-corrected chi connectivity index (χ3v) is 6.00. The van der Waals surface area contributed by atoms with Gasteiger partial charge in [0.05, 0.1) is 11.5 Å². The van der Waals surface area contributed by atoms with E-state index in [0.717, 1.165) is 11.8 Å². The molecule has 0 spiro atoms. The molecule has 0 saturated carbocycles. The Morgan fingerprint density at radius 3 is 2.74 bits per heavy atom. The Labute approximate surface area is 113 Å². The zero-order valence-corrected chi connectivity index (χ0v) is 11.7. The molecule has 7 nitrogen and oxygen atoms in total. The molecule has 9 heteroatoms. The highest BCUT2D eigenvalue weighted by Gasteiger charge is 2.30. The molecule has 2 N–H and O–H groups in total. The van der Waals surface area contributed by atoms with Gasteiger partial charge in [-0.3, -0.25) is 0 Å². The first-order chi connectivity index (χ1) is 8.78. The number of carboxylic acid groups (broad SMARTS) is 1. The molecular weight excluding hydrogens is 292 g/mol. The maximum absolute atomic E-state index is 11.4. The molecule has 1 atom stereocenters. The Hall–Kier alpha value is -1.35. The third-order valence-electron chi connectivity index (χ3n) is 2.77. The van der Waals surface area contributed by atoms with Crippen molar-refractivity contribution >= 4 is 27.6 Å². The van der Waals surface area contributed by atoms with E-state index in [1.54, 1.807) is 0 Å². The number of H-pyrrole nitrogens is 1. The molecule has 0 amide bonds. The number of rotatable bonds is 3. The first-order valence-electron chi connectivity index (χ1n) is 5.50. The summed E-state index contributed by atoms with van der Waals surface area (Å²) < 4.78 is 22.7. The summed E-state index contributed by atoms with van der Waals surface area (Å²) in [4.78, 5) is 28.4. The van der Waals surface area contributed by atoms with Crippen LogP contribution in [0.3, 0.4) is 0 Å². The number of hydrogen-bond donors (Lipinski definition) is 2. The fourth-order valence-corrected chi connectivity index (χ4v) is 5.54. The van der Waals surface area contributed by atoms with Crippen LogP contribution >= 0.6 is 11.8 Å². The number of aryl methyl sites for hydroxylation is 1. The second-order valence-electron chi connectivity index (χ2n) is 4.30. The van der Waals surface area contributed by atoms with E-state index in [4.69, 9.17) is 5.11 Å². The fraction of sp³-hybridized carbons (Fsp3) is 0.500. The van der Waals surface area contributed by atoms with Crippen LogP contribution < -0.4 is 5.69 Å². The van der Waals surface area contributed by atoms with E-state index in [9.17, 15) is 18.0 Å².